The van der Waals surface area contributed by atoms with E-state index in [0.717, 1.165) is 6.07 Å². The minimum atomic E-state index is -0.792. The molecule has 0 amide bonds. The zero-order chi connectivity index (χ0) is 12.3. The number of halogens is 4. The van der Waals surface area contributed by atoms with Crippen LogP contribution >= 0.6 is 31.9 Å². The lowest BCUT2D eigenvalue weighted by Crippen LogP contribution is -2.10. The van der Waals surface area contributed by atoms with Gasteiger partial charge in [0.1, 0.15) is 11.6 Å². The normalized spacial score (nSPS) is 10.3. The van der Waals surface area contributed by atoms with Gasteiger partial charge in [0.15, 0.2) is 0 Å². The van der Waals surface area contributed by atoms with E-state index in [9.17, 15) is 13.6 Å². The van der Waals surface area contributed by atoms with Crippen molar-refractivity contribution in [3.8, 4) is 0 Å². The Hall–Kier alpha value is -0.490. The predicted octanol–water partition coefficient (Wildman–Crippen LogP) is 3.60. The molecular weight excluding hydrogens is 350 g/mol. The molecule has 0 N–H and O–H groups in total. The summed E-state index contributed by atoms with van der Waals surface area (Å²) in [5.74, 6) is -2.07. The first-order valence-corrected chi connectivity index (χ1v) is 6.03. The van der Waals surface area contributed by atoms with Crippen molar-refractivity contribution < 1.29 is 18.3 Å². The van der Waals surface area contributed by atoms with Gasteiger partial charge in [-0.1, -0.05) is 15.9 Å². The summed E-state index contributed by atoms with van der Waals surface area (Å²) in [5.41, 5.74) is 0.0757. The molecule has 0 unspecified atom stereocenters. The molecule has 16 heavy (non-hydrogen) atoms. The summed E-state index contributed by atoms with van der Waals surface area (Å²) >= 11 is 5.77. The first kappa shape index (κ1) is 13.6. The van der Waals surface area contributed by atoms with Crippen LogP contribution < -0.4 is 0 Å². The first-order valence-electron chi connectivity index (χ1n) is 4.44. The van der Waals surface area contributed by atoms with Gasteiger partial charge in [0.05, 0.1) is 17.5 Å². The number of rotatable bonds is 3. The summed E-state index contributed by atoms with van der Waals surface area (Å²) in [6.45, 7) is 1.88. The molecular formula is C10H8Br2F2O2. The van der Waals surface area contributed by atoms with E-state index in [2.05, 4.69) is 31.9 Å². The lowest BCUT2D eigenvalue weighted by Gasteiger charge is -2.08. The third-order valence-corrected chi connectivity index (χ3v) is 3.27. The van der Waals surface area contributed by atoms with Crippen molar-refractivity contribution in [3.05, 3.63) is 32.2 Å². The molecule has 0 aliphatic rings. The van der Waals surface area contributed by atoms with Crippen molar-refractivity contribution >= 4 is 37.8 Å². The first-order chi connectivity index (χ1) is 7.47. The molecule has 0 fully saturated rings. The predicted molar refractivity (Wildman–Crippen MR) is 62.1 cm³/mol. The third-order valence-electron chi connectivity index (χ3n) is 1.84. The van der Waals surface area contributed by atoms with Gasteiger partial charge in [0.2, 0.25) is 0 Å². The number of hydrogen-bond donors (Lipinski definition) is 0. The Morgan fingerprint density at radius 1 is 1.44 bits per heavy atom. The van der Waals surface area contributed by atoms with Crippen LogP contribution in [0.3, 0.4) is 0 Å². The van der Waals surface area contributed by atoms with Crippen molar-refractivity contribution in [1.29, 1.82) is 0 Å². The molecule has 0 spiro atoms. The summed E-state index contributed by atoms with van der Waals surface area (Å²) < 4.78 is 31.3. The van der Waals surface area contributed by atoms with E-state index in [1.54, 1.807) is 6.92 Å². The number of carbonyl (C=O) groups excluding carboxylic acids is 1. The van der Waals surface area contributed by atoms with Crippen molar-refractivity contribution in [2.45, 2.75) is 13.3 Å². The van der Waals surface area contributed by atoms with Crippen LogP contribution in [0.15, 0.2) is 15.0 Å². The minimum absolute atomic E-state index is 0.0757. The van der Waals surface area contributed by atoms with Crippen molar-refractivity contribution in [3.63, 3.8) is 0 Å². The second-order valence-electron chi connectivity index (χ2n) is 2.93. The fourth-order valence-corrected chi connectivity index (χ4v) is 1.99. The molecule has 0 saturated heterocycles. The Bertz CT molecular complexity index is 422. The lowest BCUT2D eigenvalue weighted by molar-refractivity contribution is -0.142. The highest BCUT2D eigenvalue weighted by Crippen LogP contribution is 2.29. The van der Waals surface area contributed by atoms with E-state index >= 15 is 0 Å². The van der Waals surface area contributed by atoms with E-state index in [1.165, 1.54) is 0 Å². The van der Waals surface area contributed by atoms with Crippen LogP contribution in [0.5, 0.6) is 0 Å². The minimum Gasteiger partial charge on any atom is -0.466 e. The fraction of sp³-hybridized carbons (Fsp3) is 0.300. The van der Waals surface area contributed by atoms with Gasteiger partial charge in [-0.2, -0.15) is 0 Å². The molecule has 1 aromatic carbocycles. The molecule has 0 bridgehead atoms. The maximum Gasteiger partial charge on any atom is 0.310 e. The standard InChI is InChI=1S/C10H8Br2F2O2/c1-2-16-8(15)3-5-6(11)4-7(13)9(12)10(5)14/h4H,2-3H2,1H3. The number of carbonyl (C=O) groups is 1. The lowest BCUT2D eigenvalue weighted by atomic mass is 10.1. The molecule has 0 aliphatic heterocycles. The quantitative estimate of drug-likeness (QED) is 0.469. The fourth-order valence-electron chi connectivity index (χ4n) is 1.12. The number of benzene rings is 1. The molecule has 0 saturated carbocycles. The van der Waals surface area contributed by atoms with Gasteiger partial charge in [0.25, 0.3) is 0 Å². The number of esters is 1. The second kappa shape index (κ2) is 5.72. The topological polar surface area (TPSA) is 26.3 Å². The maximum absolute atomic E-state index is 13.6. The van der Waals surface area contributed by atoms with Gasteiger partial charge >= 0.3 is 5.97 Å². The summed E-state index contributed by atoms with van der Waals surface area (Å²) in [4.78, 5) is 11.2. The number of hydrogen-bond acceptors (Lipinski definition) is 2. The largest absolute Gasteiger partial charge is 0.466 e. The van der Waals surface area contributed by atoms with Gasteiger partial charge in [-0.25, -0.2) is 8.78 Å². The van der Waals surface area contributed by atoms with Gasteiger partial charge < -0.3 is 4.74 Å². The smallest absolute Gasteiger partial charge is 0.310 e. The molecule has 0 aliphatic carbocycles. The average molecular weight is 358 g/mol. The maximum atomic E-state index is 13.6. The molecule has 0 radical (unpaired) electrons. The number of ether oxygens (including phenoxy) is 1. The highest BCUT2D eigenvalue weighted by molar-refractivity contribution is 9.11. The Morgan fingerprint density at radius 3 is 2.62 bits per heavy atom. The molecule has 0 heterocycles. The third kappa shape index (κ3) is 3.01. The van der Waals surface area contributed by atoms with Gasteiger partial charge in [-0.15, -0.1) is 0 Å². The van der Waals surface area contributed by atoms with Crippen LogP contribution in [0.2, 0.25) is 0 Å². The Labute approximate surface area is 108 Å². The van der Waals surface area contributed by atoms with E-state index in [-0.39, 0.29) is 27.5 Å². The monoisotopic (exact) mass is 356 g/mol. The molecule has 1 aromatic rings. The van der Waals surface area contributed by atoms with Crippen LogP contribution in [0, 0.1) is 11.6 Å². The highest BCUT2D eigenvalue weighted by Gasteiger charge is 2.18. The zero-order valence-electron chi connectivity index (χ0n) is 8.32. The summed E-state index contributed by atoms with van der Waals surface area (Å²) in [7, 11) is 0. The molecule has 0 aromatic heterocycles. The van der Waals surface area contributed by atoms with E-state index in [1.807, 2.05) is 0 Å². The van der Waals surface area contributed by atoms with Crippen LogP contribution in [0.1, 0.15) is 12.5 Å². The molecule has 0 atom stereocenters. The van der Waals surface area contributed by atoms with Crippen molar-refractivity contribution in [2.75, 3.05) is 6.61 Å². The van der Waals surface area contributed by atoms with Gasteiger partial charge in [-0.3, -0.25) is 4.79 Å². The summed E-state index contributed by atoms with van der Waals surface area (Å²) in [6, 6.07) is 1.10. The van der Waals surface area contributed by atoms with Crippen LogP contribution in [0.4, 0.5) is 8.78 Å². The van der Waals surface area contributed by atoms with E-state index in [4.69, 9.17) is 4.74 Å². The Balaban J connectivity index is 3.05. The summed E-state index contributed by atoms with van der Waals surface area (Å²) in [5, 5.41) is 0. The summed E-state index contributed by atoms with van der Waals surface area (Å²) in [6.07, 6.45) is -0.237. The molecule has 2 nitrogen and oxygen atoms in total. The SMILES string of the molecule is CCOC(=O)Cc1c(Br)cc(F)c(Br)c1F. The van der Waals surface area contributed by atoms with Gasteiger partial charge in [0, 0.05) is 10.0 Å². The van der Waals surface area contributed by atoms with E-state index < -0.39 is 17.6 Å². The second-order valence-corrected chi connectivity index (χ2v) is 4.58. The zero-order valence-corrected chi connectivity index (χ0v) is 11.5. The van der Waals surface area contributed by atoms with E-state index in [0.29, 0.717) is 0 Å². The Morgan fingerprint density at radius 2 is 2.06 bits per heavy atom. The Kier molecular flexibility index (Phi) is 4.86. The van der Waals surface area contributed by atoms with Crippen molar-refractivity contribution in [2.24, 2.45) is 0 Å². The van der Waals surface area contributed by atoms with Crippen LogP contribution in [-0.2, 0) is 16.0 Å². The molecule has 6 heteroatoms. The highest BCUT2D eigenvalue weighted by atomic mass is 79.9. The van der Waals surface area contributed by atoms with Gasteiger partial charge in [-0.05, 0) is 28.9 Å². The van der Waals surface area contributed by atoms with Crippen LogP contribution in [-0.4, -0.2) is 12.6 Å². The average Bonchev–Trinajstić information content (AvgIpc) is 2.22. The van der Waals surface area contributed by atoms with Crippen LogP contribution in [0.25, 0.3) is 0 Å². The molecule has 1 rings (SSSR count). The molecule has 88 valence electrons. The van der Waals surface area contributed by atoms with Crippen molar-refractivity contribution in [1.82, 2.24) is 0 Å².